The highest BCUT2D eigenvalue weighted by molar-refractivity contribution is 7.91. The third kappa shape index (κ3) is 4.90. The van der Waals surface area contributed by atoms with Gasteiger partial charge in [0.2, 0.25) is 0 Å². The number of rotatable bonds is 5. The lowest BCUT2D eigenvalue weighted by Crippen LogP contribution is -2.57. The molecular formula is C17H31FN2O3S. The molecule has 4 atom stereocenters. The molecule has 2 aliphatic heterocycles. The van der Waals surface area contributed by atoms with E-state index in [9.17, 15) is 12.8 Å². The second kappa shape index (κ2) is 7.98. The van der Waals surface area contributed by atoms with Crippen LogP contribution in [0.5, 0.6) is 0 Å². The third-order valence-corrected chi connectivity index (χ3v) is 7.67. The molecule has 4 unspecified atom stereocenters. The van der Waals surface area contributed by atoms with Crippen LogP contribution >= 0.6 is 0 Å². The van der Waals surface area contributed by atoms with Crippen LogP contribution in [0, 0.1) is 11.8 Å². The van der Waals surface area contributed by atoms with E-state index in [0.717, 1.165) is 51.9 Å². The van der Waals surface area contributed by atoms with Crippen LogP contribution in [0.3, 0.4) is 0 Å². The number of hydrogen-bond acceptors (Lipinski definition) is 5. The SMILES string of the molecule is CS(=O)(=O)C1CCC(C2CC(F)CC(NCC3CCOC3)N2)CC1. The number of ether oxygens (including phenoxy) is 1. The van der Waals surface area contributed by atoms with Gasteiger partial charge in [0.15, 0.2) is 0 Å². The van der Waals surface area contributed by atoms with Crippen LogP contribution in [-0.2, 0) is 14.6 Å². The Labute approximate surface area is 145 Å². The Bertz CT molecular complexity index is 502. The molecule has 1 saturated carbocycles. The van der Waals surface area contributed by atoms with Gasteiger partial charge in [0.05, 0.1) is 18.0 Å². The van der Waals surface area contributed by atoms with Crippen molar-refractivity contribution in [3.05, 3.63) is 0 Å². The molecule has 0 radical (unpaired) electrons. The summed E-state index contributed by atoms with van der Waals surface area (Å²) in [7, 11) is -2.94. The van der Waals surface area contributed by atoms with Crippen molar-refractivity contribution in [3.63, 3.8) is 0 Å². The zero-order chi connectivity index (χ0) is 17.2. The van der Waals surface area contributed by atoms with E-state index in [2.05, 4.69) is 10.6 Å². The first-order valence-electron chi connectivity index (χ1n) is 9.32. The second-order valence-electron chi connectivity index (χ2n) is 7.90. The number of piperidine rings is 1. The van der Waals surface area contributed by atoms with Crippen LogP contribution in [0.2, 0.25) is 0 Å². The van der Waals surface area contributed by atoms with Gasteiger partial charge in [-0.1, -0.05) is 0 Å². The van der Waals surface area contributed by atoms with Gasteiger partial charge in [-0.15, -0.1) is 0 Å². The molecule has 0 spiro atoms. The molecule has 3 aliphatic rings. The first-order chi connectivity index (χ1) is 11.4. The van der Waals surface area contributed by atoms with Gasteiger partial charge in [0, 0.05) is 31.9 Å². The quantitative estimate of drug-likeness (QED) is 0.778. The minimum absolute atomic E-state index is 0.0204. The minimum atomic E-state index is -2.94. The zero-order valence-corrected chi connectivity index (χ0v) is 15.4. The van der Waals surface area contributed by atoms with Gasteiger partial charge >= 0.3 is 0 Å². The summed E-state index contributed by atoms with van der Waals surface area (Å²) in [5, 5.41) is 6.86. The van der Waals surface area contributed by atoms with E-state index in [0.29, 0.717) is 24.7 Å². The van der Waals surface area contributed by atoms with Gasteiger partial charge in [0.1, 0.15) is 16.0 Å². The zero-order valence-electron chi connectivity index (χ0n) is 14.5. The molecule has 7 heteroatoms. The largest absolute Gasteiger partial charge is 0.381 e. The fourth-order valence-electron chi connectivity index (χ4n) is 4.47. The predicted molar refractivity (Wildman–Crippen MR) is 92.4 cm³/mol. The van der Waals surface area contributed by atoms with Gasteiger partial charge < -0.3 is 10.1 Å². The van der Waals surface area contributed by atoms with Gasteiger partial charge in [-0.3, -0.25) is 5.32 Å². The molecular weight excluding hydrogens is 331 g/mol. The topological polar surface area (TPSA) is 67.4 Å². The van der Waals surface area contributed by atoms with Crippen molar-refractivity contribution < 1.29 is 17.5 Å². The Morgan fingerprint density at radius 1 is 1.17 bits per heavy atom. The van der Waals surface area contributed by atoms with Gasteiger partial charge in [0.25, 0.3) is 0 Å². The Hall–Kier alpha value is -0.240. The van der Waals surface area contributed by atoms with E-state index in [4.69, 9.17) is 4.74 Å². The van der Waals surface area contributed by atoms with Crippen molar-refractivity contribution >= 4 is 9.84 Å². The number of sulfone groups is 1. The van der Waals surface area contributed by atoms with E-state index in [1.165, 1.54) is 6.26 Å². The maximum Gasteiger partial charge on any atom is 0.150 e. The molecule has 1 aliphatic carbocycles. The number of hydrogen-bond donors (Lipinski definition) is 2. The summed E-state index contributed by atoms with van der Waals surface area (Å²) in [4.78, 5) is 0. The number of halogens is 1. The van der Waals surface area contributed by atoms with Gasteiger partial charge in [-0.2, -0.15) is 0 Å². The molecule has 0 aromatic heterocycles. The van der Waals surface area contributed by atoms with Crippen molar-refractivity contribution in [3.8, 4) is 0 Å². The first-order valence-corrected chi connectivity index (χ1v) is 11.3. The van der Waals surface area contributed by atoms with Gasteiger partial charge in [-0.05, 0) is 50.4 Å². The molecule has 0 aromatic rings. The highest BCUT2D eigenvalue weighted by atomic mass is 32.2. The minimum Gasteiger partial charge on any atom is -0.381 e. The van der Waals surface area contributed by atoms with Crippen molar-refractivity contribution in [2.45, 2.75) is 68.6 Å². The van der Waals surface area contributed by atoms with Gasteiger partial charge in [-0.25, -0.2) is 12.8 Å². The van der Waals surface area contributed by atoms with Crippen LogP contribution in [0.15, 0.2) is 0 Å². The van der Waals surface area contributed by atoms with E-state index in [1.54, 1.807) is 0 Å². The molecule has 0 amide bonds. The Morgan fingerprint density at radius 3 is 2.54 bits per heavy atom. The molecule has 140 valence electrons. The highest BCUT2D eigenvalue weighted by Crippen LogP contribution is 2.34. The van der Waals surface area contributed by atoms with E-state index >= 15 is 0 Å². The summed E-state index contributed by atoms with van der Waals surface area (Å²) < 4.78 is 43.0. The Kier molecular flexibility index (Phi) is 6.16. The third-order valence-electron chi connectivity index (χ3n) is 5.99. The first kappa shape index (κ1) is 18.5. The molecule has 2 saturated heterocycles. The van der Waals surface area contributed by atoms with Crippen molar-refractivity contribution in [1.82, 2.24) is 10.6 Å². The summed E-state index contributed by atoms with van der Waals surface area (Å²) in [6.45, 7) is 2.51. The van der Waals surface area contributed by atoms with Crippen LogP contribution in [0.25, 0.3) is 0 Å². The van der Waals surface area contributed by atoms with Crippen molar-refractivity contribution in [2.24, 2.45) is 11.8 Å². The lowest BCUT2D eigenvalue weighted by atomic mass is 9.80. The molecule has 3 fully saturated rings. The summed E-state index contributed by atoms with van der Waals surface area (Å²) >= 11 is 0. The van der Waals surface area contributed by atoms with E-state index in [-0.39, 0.29) is 17.5 Å². The molecule has 5 nitrogen and oxygen atoms in total. The van der Waals surface area contributed by atoms with Crippen LogP contribution in [0.1, 0.15) is 44.9 Å². The maximum atomic E-state index is 14.2. The second-order valence-corrected chi connectivity index (χ2v) is 10.2. The van der Waals surface area contributed by atoms with Crippen molar-refractivity contribution in [1.29, 1.82) is 0 Å². The Balaban J connectivity index is 1.48. The lowest BCUT2D eigenvalue weighted by Gasteiger charge is -2.40. The molecule has 0 aromatic carbocycles. The average molecular weight is 363 g/mol. The van der Waals surface area contributed by atoms with Crippen LogP contribution in [-0.4, -0.2) is 58.1 Å². The summed E-state index contributed by atoms with van der Waals surface area (Å²) in [6, 6.07) is 0.159. The fourth-order valence-corrected chi connectivity index (χ4v) is 5.59. The standard InChI is InChI=1S/C17H31FN2O3S/c1-24(21,22)15-4-2-13(3-5-15)16-8-14(18)9-17(20-16)19-10-12-6-7-23-11-12/h12-17,19-20H,2-11H2,1H3. The molecule has 2 heterocycles. The smallest absolute Gasteiger partial charge is 0.150 e. The van der Waals surface area contributed by atoms with Crippen molar-refractivity contribution in [2.75, 3.05) is 26.0 Å². The summed E-state index contributed by atoms with van der Waals surface area (Å²) in [6.07, 6.45) is 5.93. The summed E-state index contributed by atoms with van der Waals surface area (Å²) in [5.41, 5.74) is 0. The highest BCUT2D eigenvalue weighted by Gasteiger charge is 2.36. The normalized spacial score (nSPS) is 41.4. The number of alkyl halides is 1. The van der Waals surface area contributed by atoms with Crippen LogP contribution in [0.4, 0.5) is 4.39 Å². The Morgan fingerprint density at radius 2 is 1.92 bits per heavy atom. The lowest BCUT2D eigenvalue weighted by molar-refractivity contribution is 0.118. The maximum absolute atomic E-state index is 14.2. The fraction of sp³-hybridized carbons (Fsp3) is 1.00. The monoisotopic (exact) mass is 362 g/mol. The van der Waals surface area contributed by atoms with E-state index in [1.807, 2.05) is 0 Å². The van der Waals surface area contributed by atoms with Crippen LogP contribution < -0.4 is 10.6 Å². The molecule has 3 rings (SSSR count). The molecule has 0 bridgehead atoms. The predicted octanol–water partition coefficient (Wildman–Crippen LogP) is 1.63. The van der Waals surface area contributed by atoms with E-state index < -0.39 is 16.0 Å². The molecule has 2 N–H and O–H groups in total. The molecule has 24 heavy (non-hydrogen) atoms. The average Bonchev–Trinajstić information content (AvgIpc) is 3.05. The number of nitrogens with one attached hydrogen (secondary N) is 2. The summed E-state index contributed by atoms with van der Waals surface area (Å²) in [5.74, 6) is 0.927.